The van der Waals surface area contributed by atoms with Gasteiger partial charge in [-0.25, -0.2) is 0 Å². The van der Waals surface area contributed by atoms with Crippen LogP contribution in [0.5, 0.6) is 0 Å². The molecule has 0 aromatic rings. The fourth-order valence-corrected chi connectivity index (χ4v) is 1.54. The molecule has 1 heterocycles. The first-order valence-corrected chi connectivity index (χ1v) is 4.88. The monoisotopic (exact) mass is 213 g/mol. The van der Waals surface area contributed by atoms with E-state index in [4.69, 9.17) is 5.73 Å². The predicted molar refractivity (Wildman–Crippen MR) is 52.6 cm³/mol. The second-order valence-electron chi connectivity index (χ2n) is 3.55. The third-order valence-electron chi connectivity index (χ3n) is 2.39. The third kappa shape index (κ3) is 2.93. The first kappa shape index (κ1) is 11.5. The minimum absolute atomic E-state index is 0.0169. The Labute approximate surface area is 87.8 Å². The molecule has 1 saturated heterocycles. The quantitative estimate of drug-likeness (QED) is 0.601. The highest BCUT2D eigenvalue weighted by Crippen LogP contribution is 2.13. The van der Waals surface area contributed by atoms with E-state index < -0.39 is 11.9 Å². The Morgan fingerprint density at radius 1 is 1.60 bits per heavy atom. The summed E-state index contributed by atoms with van der Waals surface area (Å²) in [6.45, 7) is 2.05. The van der Waals surface area contributed by atoms with Crippen LogP contribution in [0.15, 0.2) is 0 Å². The topological polar surface area (TPSA) is 92.5 Å². The molecule has 6 heteroatoms. The second kappa shape index (κ2) is 4.77. The average molecular weight is 213 g/mol. The maximum absolute atomic E-state index is 11.5. The van der Waals surface area contributed by atoms with Crippen molar-refractivity contribution in [2.24, 2.45) is 5.73 Å². The molecule has 1 aliphatic rings. The van der Waals surface area contributed by atoms with Gasteiger partial charge in [0.05, 0.1) is 6.54 Å². The van der Waals surface area contributed by atoms with Crippen molar-refractivity contribution in [3.05, 3.63) is 0 Å². The number of nitrogens with one attached hydrogen (secondary N) is 1. The third-order valence-corrected chi connectivity index (χ3v) is 2.39. The summed E-state index contributed by atoms with van der Waals surface area (Å²) in [5, 5.41) is 2.37. The molecular formula is C9H15N3O3. The number of nitrogens with two attached hydrogens (primary N) is 1. The van der Waals surface area contributed by atoms with Crippen molar-refractivity contribution in [1.29, 1.82) is 0 Å². The molecule has 0 bridgehead atoms. The van der Waals surface area contributed by atoms with E-state index in [1.807, 2.05) is 0 Å². The van der Waals surface area contributed by atoms with Crippen molar-refractivity contribution < 1.29 is 14.4 Å². The van der Waals surface area contributed by atoms with Gasteiger partial charge in [-0.3, -0.25) is 14.4 Å². The molecule has 6 nitrogen and oxygen atoms in total. The lowest BCUT2D eigenvalue weighted by Crippen LogP contribution is -2.47. The van der Waals surface area contributed by atoms with Crippen molar-refractivity contribution >= 4 is 17.7 Å². The Morgan fingerprint density at radius 2 is 2.27 bits per heavy atom. The normalized spacial score (nSPS) is 17.7. The summed E-state index contributed by atoms with van der Waals surface area (Å²) in [5.41, 5.74) is 4.89. The molecule has 0 aliphatic carbocycles. The summed E-state index contributed by atoms with van der Waals surface area (Å²) < 4.78 is 0. The van der Waals surface area contributed by atoms with Gasteiger partial charge in [-0.1, -0.05) is 0 Å². The van der Waals surface area contributed by atoms with E-state index in [9.17, 15) is 14.4 Å². The zero-order valence-electron chi connectivity index (χ0n) is 8.66. The maximum Gasteiger partial charge on any atom is 0.242 e. The van der Waals surface area contributed by atoms with Gasteiger partial charge in [-0.2, -0.15) is 0 Å². The van der Waals surface area contributed by atoms with E-state index in [0.717, 1.165) is 6.42 Å². The molecule has 0 aromatic heterocycles. The Hall–Kier alpha value is -1.59. The van der Waals surface area contributed by atoms with E-state index in [1.165, 1.54) is 4.90 Å². The first-order valence-electron chi connectivity index (χ1n) is 4.88. The Bertz CT molecular complexity index is 290. The largest absolute Gasteiger partial charge is 0.368 e. The molecule has 84 valence electrons. The predicted octanol–water partition coefficient (Wildman–Crippen LogP) is -1.40. The highest BCUT2D eigenvalue weighted by molar-refractivity contribution is 5.90. The van der Waals surface area contributed by atoms with E-state index in [2.05, 4.69) is 5.32 Å². The molecule has 0 radical (unpaired) electrons. The SMILES string of the molecule is CC(C(=O)NCC(N)=O)N1CCCC1=O. The maximum atomic E-state index is 11.5. The van der Waals surface area contributed by atoms with E-state index in [0.29, 0.717) is 13.0 Å². The molecule has 0 spiro atoms. The lowest BCUT2D eigenvalue weighted by Gasteiger charge is -2.22. The van der Waals surface area contributed by atoms with Gasteiger partial charge in [-0.15, -0.1) is 0 Å². The second-order valence-corrected chi connectivity index (χ2v) is 3.55. The number of primary amides is 1. The number of rotatable bonds is 4. The van der Waals surface area contributed by atoms with Crippen LogP contribution in [0.1, 0.15) is 19.8 Å². The fourth-order valence-electron chi connectivity index (χ4n) is 1.54. The van der Waals surface area contributed by atoms with Crippen LogP contribution in [0.3, 0.4) is 0 Å². The molecule has 1 fully saturated rings. The Balaban J connectivity index is 2.45. The zero-order chi connectivity index (χ0) is 11.4. The summed E-state index contributed by atoms with van der Waals surface area (Å²) in [6, 6.07) is -0.528. The summed E-state index contributed by atoms with van der Waals surface area (Å²) in [6.07, 6.45) is 1.28. The number of likely N-dealkylation sites (tertiary alicyclic amines) is 1. The first-order chi connectivity index (χ1) is 7.02. The summed E-state index contributed by atoms with van der Waals surface area (Å²) >= 11 is 0. The molecule has 15 heavy (non-hydrogen) atoms. The van der Waals surface area contributed by atoms with E-state index in [1.54, 1.807) is 6.92 Å². The van der Waals surface area contributed by atoms with Gasteiger partial charge in [0, 0.05) is 13.0 Å². The number of nitrogens with zero attached hydrogens (tertiary/aromatic N) is 1. The van der Waals surface area contributed by atoms with Crippen LogP contribution in [0.25, 0.3) is 0 Å². The number of amides is 3. The molecule has 1 rings (SSSR count). The molecular weight excluding hydrogens is 198 g/mol. The van der Waals surface area contributed by atoms with Crippen molar-refractivity contribution in [1.82, 2.24) is 10.2 Å². The van der Waals surface area contributed by atoms with E-state index >= 15 is 0 Å². The molecule has 1 atom stereocenters. The van der Waals surface area contributed by atoms with Crippen molar-refractivity contribution in [3.8, 4) is 0 Å². The average Bonchev–Trinajstić information content (AvgIpc) is 2.59. The minimum Gasteiger partial charge on any atom is -0.368 e. The molecule has 0 aromatic carbocycles. The standard InChI is InChI=1S/C9H15N3O3/c1-6(9(15)11-5-7(10)13)12-4-2-3-8(12)14/h6H,2-5H2,1H3,(H2,10,13)(H,11,15). The zero-order valence-corrected chi connectivity index (χ0v) is 8.66. The molecule has 3 N–H and O–H groups in total. The smallest absolute Gasteiger partial charge is 0.242 e. The van der Waals surface area contributed by atoms with Gasteiger partial charge < -0.3 is 16.0 Å². The molecule has 3 amide bonds. The molecule has 1 unspecified atom stereocenters. The van der Waals surface area contributed by atoms with Crippen LogP contribution < -0.4 is 11.1 Å². The van der Waals surface area contributed by atoms with Gasteiger partial charge in [-0.05, 0) is 13.3 Å². The molecule has 1 aliphatic heterocycles. The van der Waals surface area contributed by atoms with Crippen LogP contribution in [-0.2, 0) is 14.4 Å². The lowest BCUT2D eigenvalue weighted by molar-refractivity contribution is -0.137. The summed E-state index contributed by atoms with van der Waals surface area (Å²) in [4.78, 5) is 34.7. The van der Waals surface area contributed by atoms with Crippen LogP contribution >= 0.6 is 0 Å². The lowest BCUT2D eigenvalue weighted by atomic mass is 10.2. The van der Waals surface area contributed by atoms with Crippen molar-refractivity contribution in [2.75, 3.05) is 13.1 Å². The number of hydrogen-bond donors (Lipinski definition) is 2. The summed E-state index contributed by atoms with van der Waals surface area (Å²) in [5.74, 6) is -0.955. The molecule has 0 saturated carbocycles. The van der Waals surface area contributed by atoms with Gasteiger partial charge in [0.1, 0.15) is 6.04 Å². The summed E-state index contributed by atoms with van der Waals surface area (Å²) in [7, 11) is 0. The Kier molecular flexibility index (Phi) is 3.65. The fraction of sp³-hybridized carbons (Fsp3) is 0.667. The van der Waals surface area contributed by atoms with Gasteiger partial charge >= 0.3 is 0 Å². The highest BCUT2D eigenvalue weighted by Gasteiger charge is 2.29. The van der Waals surface area contributed by atoms with Crippen LogP contribution in [-0.4, -0.2) is 41.8 Å². The van der Waals surface area contributed by atoms with Crippen molar-refractivity contribution in [2.45, 2.75) is 25.8 Å². The van der Waals surface area contributed by atoms with Crippen molar-refractivity contribution in [3.63, 3.8) is 0 Å². The number of hydrogen-bond acceptors (Lipinski definition) is 3. The van der Waals surface area contributed by atoms with Gasteiger partial charge in [0.25, 0.3) is 0 Å². The number of carbonyl (C=O) groups is 3. The van der Waals surface area contributed by atoms with Gasteiger partial charge in [0.2, 0.25) is 17.7 Å². The number of carbonyl (C=O) groups excluding carboxylic acids is 3. The van der Waals surface area contributed by atoms with Gasteiger partial charge in [0.15, 0.2) is 0 Å². The highest BCUT2D eigenvalue weighted by atomic mass is 16.2. The Morgan fingerprint density at radius 3 is 2.73 bits per heavy atom. The van der Waals surface area contributed by atoms with Crippen LogP contribution in [0.2, 0.25) is 0 Å². The van der Waals surface area contributed by atoms with Crippen LogP contribution in [0, 0.1) is 0 Å². The van der Waals surface area contributed by atoms with Crippen LogP contribution in [0.4, 0.5) is 0 Å². The minimum atomic E-state index is -0.594. The van der Waals surface area contributed by atoms with E-state index in [-0.39, 0.29) is 18.4 Å².